The van der Waals surface area contributed by atoms with Crippen molar-refractivity contribution in [1.82, 2.24) is 30.0 Å². The number of amides is 1. The molecule has 0 unspecified atom stereocenters. The first-order valence-corrected chi connectivity index (χ1v) is 14.2. The predicted octanol–water partition coefficient (Wildman–Crippen LogP) is 3.92. The van der Waals surface area contributed by atoms with Crippen LogP contribution < -0.4 is 10.2 Å². The lowest BCUT2D eigenvalue weighted by Crippen LogP contribution is -2.72. The molecule has 3 aromatic heterocycles. The number of thiophene rings is 1. The quantitative estimate of drug-likeness (QED) is 0.527. The molecule has 0 aromatic carbocycles. The predicted molar refractivity (Wildman–Crippen MR) is 144 cm³/mol. The molecule has 198 valence electrons. The number of halogens is 1. The Morgan fingerprint density at radius 1 is 1.11 bits per heavy atom. The molecule has 0 bridgehead atoms. The maximum atomic E-state index is 15.0. The average Bonchev–Trinajstić information content (AvgIpc) is 3.52. The van der Waals surface area contributed by atoms with Crippen LogP contribution in [-0.2, 0) is 5.41 Å². The number of anilines is 3. The fraction of sp³-hybridized carbons (Fsp3) is 0.519. The third-order valence-corrected chi connectivity index (χ3v) is 10.1. The van der Waals surface area contributed by atoms with E-state index >= 15 is 0 Å². The van der Waals surface area contributed by atoms with Gasteiger partial charge in [-0.05, 0) is 37.6 Å². The van der Waals surface area contributed by atoms with E-state index in [1.165, 1.54) is 17.5 Å². The van der Waals surface area contributed by atoms with Crippen molar-refractivity contribution in [3.05, 3.63) is 40.7 Å². The normalized spacial score (nSPS) is 21.5. The Bertz CT molecular complexity index is 1390. The summed E-state index contributed by atoms with van der Waals surface area (Å²) in [6.45, 7) is 8.39. The Balaban J connectivity index is 1.09. The molecule has 4 aliphatic rings. The summed E-state index contributed by atoms with van der Waals surface area (Å²) in [5, 5.41) is 11.8. The maximum Gasteiger partial charge on any atom is 0.254 e. The van der Waals surface area contributed by atoms with Gasteiger partial charge in [-0.25, -0.2) is 14.4 Å². The summed E-state index contributed by atoms with van der Waals surface area (Å²) in [7, 11) is 1.86. The second kappa shape index (κ2) is 8.67. The molecule has 2 spiro atoms. The highest BCUT2D eigenvalue weighted by Crippen LogP contribution is 2.50. The largest absolute Gasteiger partial charge is 0.354 e. The molecule has 6 heterocycles. The third-order valence-electron chi connectivity index (χ3n) is 8.70. The van der Waals surface area contributed by atoms with Crippen LogP contribution in [0.15, 0.2) is 24.4 Å². The monoisotopic (exact) mass is 534 g/mol. The molecule has 3 aliphatic heterocycles. The molecule has 1 N–H and O–H groups in total. The zero-order chi connectivity index (χ0) is 26.1. The number of nitrogens with one attached hydrogen (secondary N) is 1. The standard InChI is InChI=1S/C27H31FN8OS/c1-3-35-12-26(13-35)14-36(15-26)21-7-6-20(32-33-21)30-25-29-11-18(28)22(31-25)19-10-17-23(38-19)27(8-4-5-9-27)16-34(2)24(17)37/h6-7,10-11H,3-5,8-9,12-16H2,1-2H3,(H,29,30,31,32). The van der Waals surface area contributed by atoms with E-state index in [9.17, 15) is 9.18 Å². The zero-order valence-electron chi connectivity index (χ0n) is 21.7. The molecule has 9 nitrogen and oxygen atoms in total. The topological polar surface area (TPSA) is 90.4 Å². The van der Waals surface area contributed by atoms with Gasteiger partial charge in [-0.3, -0.25) is 4.79 Å². The lowest BCUT2D eigenvalue weighted by molar-refractivity contribution is -0.0182. The van der Waals surface area contributed by atoms with E-state index in [-0.39, 0.29) is 23.0 Å². The lowest BCUT2D eigenvalue weighted by atomic mass is 9.73. The molecule has 1 saturated carbocycles. The van der Waals surface area contributed by atoms with E-state index in [2.05, 4.69) is 42.2 Å². The van der Waals surface area contributed by atoms with Gasteiger partial charge in [-0.2, -0.15) is 0 Å². The van der Waals surface area contributed by atoms with Crippen molar-refractivity contribution in [2.24, 2.45) is 5.41 Å². The minimum atomic E-state index is -0.513. The number of hydrogen-bond donors (Lipinski definition) is 1. The van der Waals surface area contributed by atoms with Crippen molar-refractivity contribution < 1.29 is 9.18 Å². The number of carbonyl (C=O) groups is 1. The first kappa shape index (κ1) is 23.9. The Labute approximate surface area is 225 Å². The summed E-state index contributed by atoms with van der Waals surface area (Å²) in [5.74, 6) is 1.08. The SMILES string of the molecule is CCN1CC2(C1)CN(c1ccc(Nc3ncc(F)c(-c4cc5c(s4)C4(CCCC4)CN(C)C5=O)n3)nn1)C2. The van der Waals surface area contributed by atoms with Gasteiger partial charge in [0, 0.05) is 55.5 Å². The molecule has 1 amide bonds. The highest BCUT2D eigenvalue weighted by Gasteiger charge is 2.51. The van der Waals surface area contributed by atoms with Crippen LogP contribution in [0.3, 0.4) is 0 Å². The highest BCUT2D eigenvalue weighted by atomic mass is 32.1. The second-order valence-electron chi connectivity index (χ2n) is 11.5. The molecule has 3 fully saturated rings. The molecule has 11 heteroatoms. The van der Waals surface area contributed by atoms with E-state index in [0.29, 0.717) is 21.7 Å². The second-order valence-corrected chi connectivity index (χ2v) is 12.5. The maximum absolute atomic E-state index is 15.0. The van der Waals surface area contributed by atoms with Crippen LogP contribution in [0.2, 0.25) is 0 Å². The first-order chi connectivity index (χ1) is 18.4. The summed E-state index contributed by atoms with van der Waals surface area (Å²) in [5.41, 5.74) is 1.28. The summed E-state index contributed by atoms with van der Waals surface area (Å²) in [4.78, 5) is 29.8. The van der Waals surface area contributed by atoms with Gasteiger partial charge in [0.05, 0.1) is 16.6 Å². The van der Waals surface area contributed by atoms with Crippen LogP contribution >= 0.6 is 11.3 Å². The van der Waals surface area contributed by atoms with Crippen molar-refractivity contribution in [2.45, 2.75) is 38.0 Å². The number of nitrogens with zero attached hydrogens (tertiary/aromatic N) is 7. The minimum absolute atomic E-state index is 0.00340. The van der Waals surface area contributed by atoms with E-state index in [1.807, 2.05) is 30.1 Å². The van der Waals surface area contributed by atoms with Crippen LogP contribution in [0, 0.1) is 11.2 Å². The lowest BCUT2D eigenvalue weighted by Gasteiger charge is -2.60. The molecular weight excluding hydrogens is 503 g/mol. The van der Waals surface area contributed by atoms with Gasteiger partial charge in [-0.15, -0.1) is 21.5 Å². The molecule has 1 aliphatic carbocycles. The summed E-state index contributed by atoms with van der Waals surface area (Å²) in [6.07, 6.45) is 5.59. The molecule has 2 saturated heterocycles. The molecule has 38 heavy (non-hydrogen) atoms. The van der Waals surface area contributed by atoms with E-state index in [1.54, 1.807) is 0 Å². The fourth-order valence-electron chi connectivity index (χ4n) is 6.83. The number of fused-ring (bicyclic) bond motifs is 2. The molecule has 3 aromatic rings. The van der Waals surface area contributed by atoms with Crippen LogP contribution in [0.5, 0.6) is 0 Å². The Morgan fingerprint density at radius 3 is 2.61 bits per heavy atom. The van der Waals surface area contributed by atoms with Gasteiger partial charge in [0.15, 0.2) is 17.5 Å². The zero-order valence-corrected chi connectivity index (χ0v) is 22.5. The van der Waals surface area contributed by atoms with Crippen LogP contribution in [0.1, 0.15) is 47.8 Å². The number of rotatable bonds is 5. The van der Waals surface area contributed by atoms with Crippen molar-refractivity contribution in [1.29, 1.82) is 0 Å². The molecule has 0 atom stereocenters. The van der Waals surface area contributed by atoms with Crippen LogP contribution in [-0.4, -0.2) is 82.2 Å². The van der Waals surface area contributed by atoms with E-state index in [4.69, 9.17) is 0 Å². The van der Waals surface area contributed by atoms with Crippen molar-refractivity contribution in [3.8, 4) is 10.6 Å². The van der Waals surface area contributed by atoms with E-state index < -0.39 is 5.82 Å². The number of aromatic nitrogens is 4. The molecular formula is C27H31FN8OS. The summed E-state index contributed by atoms with van der Waals surface area (Å²) >= 11 is 1.50. The number of likely N-dealkylation sites (tertiary alicyclic amines) is 1. The van der Waals surface area contributed by atoms with Gasteiger partial charge in [0.25, 0.3) is 5.91 Å². The van der Waals surface area contributed by atoms with Gasteiger partial charge >= 0.3 is 0 Å². The van der Waals surface area contributed by atoms with Crippen molar-refractivity contribution >= 4 is 34.8 Å². The molecule has 7 rings (SSSR count). The molecule has 0 radical (unpaired) electrons. The number of carbonyl (C=O) groups excluding carboxylic acids is 1. The third kappa shape index (κ3) is 3.78. The van der Waals surface area contributed by atoms with Crippen LogP contribution in [0.4, 0.5) is 22.0 Å². The van der Waals surface area contributed by atoms with E-state index in [0.717, 1.165) is 75.6 Å². The smallest absolute Gasteiger partial charge is 0.254 e. The van der Waals surface area contributed by atoms with Gasteiger partial charge < -0.3 is 20.0 Å². The number of likely N-dealkylation sites (N-methyl/N-ethyl adjacent to an activating group) is 1. The summed E-state index contributed by atoms with van der Waals surface area (Å²) < 4.78 is 15.0. The van der Waals surface area contributed by atoms with Crippen molar-refractivity contribution in [3.63, 3.8) is 0 Å². The summed E-state index contributed by atoms with van der Waals surface area (Å²) in [6, 6.07) is 5.60. The fourth-order valence-corrected chi connectivity index (χ4v) is 8.21. The van der Waals surface area contributed by atoms with Gasteiger partial charge in [-0.1, -0.05) is 19.8 Å². The average molecular weight is 535 g/mol. The van der Waals surface area contributed by atoms with Crippen molar-refractivity contribution in [2.75, 3.05) is 56.5 Å². The highest BCUT2D eigenvalue weighted by molar-refractivity contribution is 7.16. The first-order valence-electron chi connectivity index (χ1n) is 13.4. The van der Waals surface area contributed by atoms with Gasteiger partial charge in [0.2, 0.25) is 5.95 Å². The number of hydrogen-bond acceptors (Lipinski definition) is 9. The Kier molecular flexibility index (Phi) is 5.45. The Morgan fingerprint density at radius 2 is 1.89 bits per heavy atom. The van der Waals surface area contributed by atoms with Crippen LogP contribution in [0.25, 0.3) is 10.6 Å². The Hall–Kier alpha value is -3.18. The van der Waals surface area contributed by atoms with Gasteiger partial charge in [0.1, 0.15) is 5.69 Å². The minimum Gasteiger partial charge on any atom is -0.354 e.